The normalized spacial score (nSPS) is 12.2. The van der Waals surface area contributed by atoms with Crippen molar-refractivity contribution in [2.24, 2.45) is 0 Å². The summed E-state index contributed by atoms with van der Waals surface area (Å²) < 4.78 is 11.3. The van der Waals surface area contributed by atoms with E-state index < -0.39 is 23.5 Å². The van der Waals surface area contributed by atoms with E-state index in [1.54, 1.807) is 43.5 Å². The molecule has 32 heavy (non-hydrogen) atoms. The molecule has 0 saturated heterocycles. The van der Waals surface area contributed by atoms with Gasteiger partial charge in [-0.1, -0.05) is 30.3 Å². The van der Waals surface area contributed by atoms with Crippen LogP contribution in [0.1, 0.15) is 27.8 Å². The SMILES string of the molecule is Cc1coc2c1c(C)cc1oc(=O)c(CC(=O)NC(Cc3ccccc3)C(=O)O)c(C)c12. The van der Waals surface area contributed by atoms with Crippen molar-refractivity contribution in [3.63, 3.8) is 0 Å². The van der Waals surface area contributed by atoms with E-state index in [-0.39, 0.29) is 18.4 Å². The predicted molar refractivity (Wildman–Crippen MR) is 120 cm³/mol. The molecule has 0 fully saturated rings. The summed E-state index contributed by atoms with van der Waals surface area (Å²) in [6, 6.07) is 9.71. The Labute approximate surface area is 183 Å². The summed E-state index contributed by atoms with van der Waals surface area (Å²) in [4.78, 5) is 37.0. The highest BCUT2D eigenvalue weighted by molar-refractivity contribution is 6.07. The maximum atomic E-state index is 12.7. The lowest BCUT2D eigenvalue weighted by Gasteiger charge is -2.15. The van der Waals surface area contributed by atoms with Gasteiger partial charge in [-0.3, -0.25) is 4.79 Å². The lowest BCUT2D eigenvalue weighted by Crippen LogP contribution is -2.43. The Morgan fingerprint density at radius 2 is 1.78 bits per heavy atom. The van der Waals surface area contributed by atoms with Gasteiger partial charge in [0.25, 0.3) is 0 Å². The summed E-state index contributed by atoms with van der Waals surface area (Å²) in [6.07, 6.45) is 1.49. The maximum Gasteiger partial charge on any atom is 0.340 e. The molecule has 164 valence electrons. The van der Waals surface area contributed by atoms with E-state index in [0.717, 1.165) is 22.1 Å². The van der Waals surface area contributed by atoms with Crippen molar-refractivity contribution in [1.29, 1.82) is 0 Å². The Morgan fingerprint density at radius 1 is 1.06 bits per heavy atom. The van der Waals surface area contributed by atoms with Gasteiger partial charge in [0, 0.05) is 11.8 Å². The third-order valence-electron chi connectivity index (χ3n) is 5.72. The number of hydrogen-bond acceptors (Lipinski definition) is 5. The van der Waals surface area contributed by atoms with E-state index in [4.69, 9.17) is 8.83 Å². The van der Waals surface area contributed by atoms with Gasteiger partial charge in [-0.05, 0) is 49.1 Å². The van der Waals surface area contributed by atoms with Crippen molar-refractivity contribution in [1.82, 2.24) is 5.32 Å². The third-order valence-corrected chi connectivity index (χ3v) is 5.72. The van der Waals surface area contributed by atoms with E-state index in [1.807, 2.05) is 19.9 Å². The number of nitrogens with one attached hydrogen (secondary N) is 1. The zero-order valence-electron chi connectivity index (χ0n) is 18.0. The van der Waals surface area contributed by atoms with E-state index >= 15 is 0 Å². The van der Waals surface area contributed by atoms with Crippen molar-refractivity contribution in [2.45, 2.75) is 39.7 Å². The highest BCUT2D eigenvalue weighted by Gasteiger charge is 2.24. The number of benzene rings is 2. The molecule has 1 amide bonds. The topological polar surface area (TPSA) is 110 Å². The molecule has 0 saturated carbocycles. The van der Waals surface area contributed by atoms with Gasteiger partial charge in [-0.25, -0.2) is 9.59 Å². The lowest BCUT2D eigenvalue weighted by molar-refractivity contribution is -0.141. The van der Waals surface area contributed by atoms with E-state index in [2.05, 4.69) is 5.32 Å². The third kappa shape index (κ3) is 3.89. The first-order valence-electron chi connectivity index (χ1n) is 10.3. The lowest BCUT2D eigenvalue weighted by atomic mass is 9.98. The number of carbonyl (C=O) groups excluding carboxylic acids is 1. The molecule has 2 aromatic heterocycles. The number of amides is 1. The van der Waals surface area contributed by atoms with Crippen LogP contribution in [0.2, 0.25) is 0 Å². The Balaban J connectivity index is 1.67. The van der Waals surface area contributed by atoms with Gasteiger partial charge < -0.3 is 19.3 Å². The minimum absolute atomic E-state index is 0.138. The van der Waals surface area contributed by atoms with Crippen molar-refractivity contribution < 1.29 is 23.5 Å². The summed E-state index contributed by atoms with van der Waals surface area (Å²) in [5.41, 5.74) is 3.82. The van der Waals surface area contributed by atoms with E-state index in [1.165, 1.54) is 0 Å². The van der Waals surface area contributed by atoms with E-state index in [0.29, 0.717) is 22.1 Å². The van der Waals surface area contributed by atoms with Crippen LogP contribution < -0.4 is 10.9 Å². The maximum absolute atomic E-state index is 12.7. The van der Waals surface area contributed by atoms with Crippen molar-refractivity contribution in [3.05, 3.63) is 80.9 Å². The standard InChI is InChI=1S/C25H23NO6/c1-13-9-19-22(23-21(13)14(2)12-31-23)15(3)17(25(30)32-19)11-20(27)26-18(24(28)29)10-16-7-5-4-6-8-16/h4-9,12,18H,10-11H2,1-3H3,(H,26,27)(H,28,29). The Bertz CT molecular complexity index is 1400. The molecule has 7 heteroatoms. The molecule has 4 rings (SSSR count). The highest BCUT2D eigenvalue weighted by Crippen LogP contribution is 2.34. The second-order valence-corrected chi connectivity index (χ2v) is 8.01. The largest absolute Gasteiger partial charge is 0.480 e. The number of carboxylic acids is 1. The first-order chi connectivity index (χ1) is 15.3. The summed E-state index contributed by atoms with van der Waals surface area (Å²) >= 11 is 0. The van der Waals surface area contributed by atoms with E-state index in [9.17, 15) is 19.5 Å². The number of carboxylic acid groups (broad SMARTS) is 1. The van der Waals surface area contributed by atoms with Crippen LogP contribution in [-0.2, 0) is 22.4 Å². The molecular weight excluding hydrogens is 410 g/mol. The molecular formula is C25H23NO6. The van der Waals surface area contributed by atoms with Crippen molar-refractivity contribution in [3.8, 4) is 0 Å². The van der Waals surface area contributed by atoms with Crippen LogP contribution in [0.3, 0.4) is 0 Å². The molecule has 2 aromatic carbocycles. The van der Waals surface area contributed by atoms with Gasteiger partial charge in [-0.2, -0.15) is 0 Å². The second kappa shape index (κ2) is 8.34. The van der Waals surface area contributed by atoms with Gasteiger partial charge in [0.15, 0.2) is 0 Å². The molecule has 0 bridgehead atoms. The fourth-order valence-corrected chi connectivity index (χ4v) is 4.13. The molecule has 0 aliphatic heterocycles. The van der Waals surface area contributed by atoms with Crippen molar-refractivity contribution in [2.75, 3.05) is 0 Å². The molecule has 1 atom stereocenters. The fraction of sp³-hybridized carbons (Fsp3) is 0.240. The van der Waals surface area contributed by atoms with Crippen LogP contribution in [-0.4, -0.2) is 23.0 Å². The molecule has 0 aliphatic rings. The zero-order chi connectivity index (χ0) is 23.0. The van der Waals surface area contributed by atoms with Crippen LogP contribution in [0.15, 0.2) is 56.3 Å². The predicted octanol–water partition coefficient (Wildman–Crippen LogP) is 3.82. The summed E-state index contributed by atoms with van der Waals surface area (Å²) in [7, 11) is 0. The first-order valence-corrected chi connectivity index (χ1v) is 10.3. The number of furan rings is 1. The number of fused-ring (bicyclic) bond motifs is 3. The van der Waals surface area contributed by atoms with Gasteiger partial charge in [0.1, 0.15) is 17.2 Å². The quantitative estimate of drug-likeness (QED) is 0.448. The smallest absolute Gasteiger partial charge is 0.340 e. The van der Waals surface area contributed by atoms with Gasteiger partial charge in [-0.15, -0.1) is 0 Å². The van der Waals surface area contributed by atoms with Gasteiger partial charge >= 0.3 is 11.6 Å². The van der Waals surface area contributed by atoms with Crippen LogP contribution in [0, 0.1) is 20.8 Å². The van der Waals surface area contributed by atoms with Gasteiger partial charge in [0.2, 0.25) is 5.91 Å². The summed E-state index contributed by atoms with van der Waals surface area (Å²) in [6.45, 7) is 5.60. The second-order valence-electron chi connectivity index (χ2n) is 8.01. The first kappa shape index (κ1) is 21.4. The number of carbonyl (C=O) groups is 2. The molecule has 2 N–H and O–H groups in total. The number of hydrogen-bond donors (Lipinski definition) is 2. The average Bonchev–Trinajstić information content (AvgIpc) is 3.13. The van der Waals surface area contributed by atoms with Crippen LogP contribution in [0.25, 0.3) is 21.9 Å². The molecule has 2 heterocycles. The molecule has 0 radical (unpaired) electrons. The summed E-state index contributed by atoms with van der Waals surface area (Å²) in [5, 5.41) is 13.6. The minimum atomic E-state index is -1.15. The number of rotatable bonds is 6. The number of aryl methyl sites for hydroxylation is 3. The van der Waals surface area contributed by atoms with Crippen LogP contribution in [0.5, 0.6) is 0 Å². The van der Waals surface area contributed by atoms with Crippen molar-refractivity contribution >= 4 is 33.8 Å². The molecule has 7 nitrogen and oxygen atoms in total. The molecule has 0 aliphatic carbocycles. The zero-order valence-corrected chi connectivity index (χ0v) is 18.0. The Morgan fingerprint density at radius 3 is 2.47 bits per heavy atom. The van der Waals surface area contributed by atoms with Crippen LogP contribution in [0.4, 0.5) is 0 Å². The molecule has 1 unspecified atom stereocenters. The van der Waals surface area contributed by atoms with Crippen LogP contribution >= 0.6 is 0 Å². The number of aliphatic carboxylic acids is 1. The monoisotopic (exact) mass is 433 g/mol. The average molecular weight is 433 g/mol. The Kier molecular flexibility index (Phi) is 5.57. The summed E-state index contributed by atoms with van der Waals surface area (Å²) in [5.74, 6) is -1.71. The molecule has 4 aromatic rings. The fourth-order valence-electron chi connectivity index (χ4n) is 4.13. The van der Waals surface area contributed by atoms with Gasteiger partial charge in [0.05, 0.1) is 23.6 Å². The minimum Gasteiger partial charge on any atom is -0.480 e. The highest BCUT2D eigenvalue weighted by atomic mass is 16.4. The molecule has 0 spiro atoms. The Hall–Kier alpha value is -3.87.